The first-order valence-corrected chi connectivity index (χ1v) is 7.37. The van der Waals surface area contributed by atoms with Gasteiger partial charge in [-0.3, -0.25) is 5.41 Å². The molecule has 0 saturated carbocycles. The molecule has 0 heterocycles. The molecular formula is C15H15ClN2OS. The van der Waals surface area contributed by atoms with Gasteiger partial charge < -0.3 is 10.5 Å². The standard InChI is InChI=1S/C15H15ClN2OS/c1-19-13-7-6-10(8-11(13)15(17)18)9-20-14-5-3-2-4-12(14)16/h2-8H,9H2,1H3,(H3,17,18). The lowest BCUT2D eigenvalue weighted by Crippen LogP contribution is -2.12. The lowest BCUT2D eigenvalue weighted by Gasteiger charge is -2.10. The van der Waals surface area contributed by atoms with Crippen LogP contribution in [0.5, 0.6) is 5.75 Å². The van der Waals surface area contributed by atoms with Crippen molar-refractivity contribution in [1.82, 2.24) is 0 Å². The number of hydrogen-bond donors (Lipinski definition) is 2. The van der Waals surface area contributed by atoms with Gasteiger partial charge in [0.1, 0.15) is 11.6 Å². The van der Waals surface area contributed by atoms with Crippen LogP contribution in [-0.4, -0.2) is 12.9 Å². The van der Waals surface area contributed by atoms with E-state index in [0.717, 1.165) is 21.2 Å². The van der Waals surface area contributed by atoms with E-state index in [1.807, 2.05) is 42.5 Å². The molecule has 0 aliphatic heterocycles. The van der Waals surface area contributed by atoms with Crippen molar-refractivity contribution in [3.63, 3.8) is 0 Å². The van der Waals surface area contributed by atoms with Gasteiger partial charge in [-0.1, -0.05) is 29.8 Å². The topological polar surface area (TPSA) is 59.1 Å². The van der Waals surface area contributed by atoms with Crippen molar-refractivity contribution in [3.05, 3.63) is 58.6 Å². The van der Waals surface area contributed by atoms with Crippen molar-refractivity contribution >= 4 is 29.2 Å². The van der Waals surface area contributed by atoms with E-state index in [1.165, 1.54) is 0 Å². The molecule has 0 aromatic heterocycles. The third-order valence-corrected chi connectivity index (χ3v) is 4.37. The molecule has 104 valence electrons. The summed E-state index contributed by atoms with van der Waals surface area (Å²) >= 11 is 7.77. The number of nitrogens with one attached hydrogen (secondary N) is 1. The Labute approximate surface area is 127 Å². The smallest absolute Gasteiger partial charge is 0.129 e. The molecule has 2 aromatic rings. The van der Waals surface area contributed by atoms with Gasteiger partial charge in [-0.05, 0) is 29.8 Å². The molecule has 2 aromatic carbocycles. The molecule has 5 heteroatoms. The number of nitrogen functional groups attached to an aromatic ring is 1. The molecule has 0 amide bonds. The Morgan fingerprint density at radius 2 is 2.05 bits per heavy atom. The fourth-order valence-electron chi connectivity index (χ4n) is 1.78. The zero-order valence-electron chi connectivity index (χ0n) is 11.0. The Balaban J connectivity index is 2.16. The second-order valence-corrected chi connectivity index (χ2v) is 5.59. The predicted octanol–water partition coefficient (Wildman–Crippen LogP) is 3.92. The summed E-state index contributed by atoms with van der Waals surface area (Å²) < 4.78 is 5.19. The van der Waals surface area contributed by atoms with Crippen molar-refractivity contribution in [2.24, 2.45) is 5.73 Å². The van der Waals surface area contributed by atoms with E-state index in [1.54, 1.807) is 18.9 Å². The van der Waals surface area contributed by atoms with Gasteiger partial charge in [-0.25, -0.2) is 0 Å². The highest BCUT2D eigenvalue weighted by Crippen LogP contribution is 2.30. The average molecular weight is 307 g/mol. The van der Waals surface area contributed by atoms with Crippen LogP contribution in [0.2, 0.25) is 5.02 Å². The number of ether oxygens (including phenoxy) is 1. The molecule has 0 bridgehead atoms. The van der Waals surface area contributed by atoms with Crippen LogP contribution in [0.15, 0.2) is 47.4 Å². The van der Waals surface area contributed by atoms with E-state index in [4.69, 9.17) is 27.5 Å². The zero-order valence-corrected chi connectivity index (χ0v) is 12.6. The van der Waals surface area contributed by atoms with Gasteiger partial charge in [-0.2, -0.15) is 0 Å². The highest BCUT2D eigenvalue weighted by molar-refractivity contribution is 7.98. The summed E-state index contributed by atoms with van der Waals surface area (Å²) in [6.45, 7) is 0. The van der Waals surface area contributed by atoms with Crippen LogP contribution in [0.4, 0.5) is 0 Å². The van der Waals surface area contributed by atoms with Gasteiger partial charge in [0.05, 0.1) is 17.7 Å². The number of halogens is 1. The number of hydrogen-bond acceptors (Lipinski definition) is 3. The quantitative estimate of drug-likeness (QED) is 0.500. The van der Waals surface area contributed by atoms with Crippen LogP contribution in [0, 0.1) is 5.41 Å². The Morgan fingerprint density at radius 1 is 1.30 bits per heavy atom. The zero-order chi connectivity index (χ0) is 14.5. The minimum Gasteiger partial charge on any atom is -0.496 e. The van der Waals surface area contributed by atoms with Gasteiger partial charge in [0.25, 0.3) is 0 Å². The molecule has 0 spiro atoms. The average Bonchev–Trinajstić information content (AvgIpc) is 2.46. The molecule has 0 aliphatic rings. The summed E-state index contributed by atoms with van der Waals surface area (Å²) in [5, 5.41) is 8.32. The number of thioether (sulfide) groups is 1. The second-order valence-electron chi connectivity index (χ2n) is 4.17. The number of amidine groups is 1. The first kappa shape index (κ1) is 14.8. The first-order valence-electron chi connectivity index (χ1n) is 6.00. The van der Waals surface area contributed by atoms with E-state index < -0.39 is 0 Å². The molecule has 0 unspecified atom stereocenters. The first-order chi connectivity index (χ1) is 9.61. The second kappa shape index (κ2) is 6.68. The van der Waals surface area contributed by atoms with Crippen LogP contribution in [0.1, 0.15) is 11.1 Å². The number of benzene rings is 2. The van der Waals surface area contributed by atoms with Crippen LogP contribution in [0.25, 0.3) is 0 Å². The molecule has 0 atom stereocenters. The fraction of sp³-hybridized carbons (Fsp3) is 0.133. The van der Waals surface area contributed by atoms with Gasteiger partial charge in [-0.15, -0.1) is 11.8 Å². The number of nitrogens with two attached hydrogens (primary N) is 1. The maximum absolute atomic E-state index is 7.58. The predicted molar refractivity (Wildman–Crippen MR) is 85.0 cm³/mol. The van der Waals surface area contributed by atoms with Crippen molar-refractivity contribution in [3.8, 4) is 5.75 Å². The minimum absolute atomic E-state index is 0.00597. The van der Waals surface area contributed by atoms with Crippen molar-refractivity contribution < 1.29 is 4.74 Å². The van der Waals surface area contributed by atoms with Gasteiger partial charge in [0.2, 0.25) is 0 Å². The lowest BCUT2D eigenvalue weighted by molar-refractivity contribution is 0.413. The monoisotopic (exact) mass is 306 g/mol. The summed E-state index contributed by atoms with van der Waals surface area (Å²) in [7, 11) is 1.57. The molecule has 2 rings (SSSR count). The van der Waals surface area contributed by atoms with Crippen LogP contribution in [-0.2, 0) is 5.75 Å². The summed E-state index contributed by atoms with van der Waals surface area (Å²) in [5.74, 6) is 1.38. The molecule has 20 heavy (non-hydrogen) atoms. The van der Waals surface area contributed by atoms with Gasteiger partial charge in [0, 0.05) is 10.6 Å². The van der Waals surface area contributed by atoms with E-state index in [0.29, 0.717) is 11.3 Å². The third-order valence-electron chi connectivity index (χ3n) is 2.79. The molecule has 0 aliphatic carbocycles. The van der Waals surface area contributed by atoms with Crippen LogP contribution >= 0.6 is 23.4 Å². The van der Waals surface area contributed by atoms with Crippen molar-refractivity contribution in [2.75, 3.05) is 7.11 Å². The highest BCUT2D eigenvalue weighted by Gasteiger charge is 2.08. The van der Waals surface area contributed by atoms with E-state index in [-0.39, 0.29) is 5.84 Å². The van der Waals surface area contributed by atoms with Gasteiger partial charge >= 0.3 is 0 Å². The van der Waals surface area contributed by atoms with Crippen LogP contribution in [0.3, 0.4) is 0 Å². The highest BCUT2D eigenvalue weighted by atomic mass is 35.5. The lowest BCUT2D eigenvalue weighted by atomic mass is 10.1. The summed E-state index contributed by atoms with van der Waals surface area (Å²) in [5.41, 5.74) is 7.25. The summed E-state index contributed by atoms with van der Waals surface area (Å²) in [6, 6.07) is 13.4. The SMILES string of the molecule is COc1ccc(CSc2ccccc2Cl)cc1C(=N)N. The molecular weight excluding hydrogens is 292 g/mol. The van der Waals surface area contributed by atoms with E-state index >= 15 is 0 Å². The third kappa shape index (κ3) is 3.46. The summed E-state index contributed by atoms with van der Waals surface area (Å²) in [4.78, 5) is 1.04. The molecule has 0 fully saturated rings. The largest absolute Gasteiger partial charge is 0.496 e. The number of rotatable bonds is 5. The Kier molecular flexibility index (Phi) is 4.93. The number of methoxy groups -OCH3 is 1. The minimum atomic E-state index is 0.00597. The van der Waals surface area contributed by atoms with E-state index in [2.05, 4.69) is 0 Å². The van der Waals surface area contributed by atoms with E-state index in [9.17, 15) is 0 Å². The molecule has 0 radical (unpaired) electrons. The normalized spacial score (nSPS) is 10.3. The van der Waals surface area contributed by atoms with Gasteiger partial charge in [0.15, 0.2) is 0 Å². The van der Waals surface area contributed by atoms with Crippen molar-refractivity contribution in [2.45, 2.75) is 10.6 Å². The summed E-state index contributed by atoms with van der Waals surface area (Å²) in [6.07, 6.45) is 0. The molecule has 0 saturated heterocycles. The fourth-order valence-corrected chi connectivity index (χ4v) is 2.96. The van der Waals surface area contributed by atoms with Crippen molar-refractivity contribution in [1.29, 1.82) is 5.41 Å². The Hall–Kier alpha value is -1.65. The maximum atomic E-state index is 7.58. The Morgan fingerprint density at radius 3 is 2.70 bits per heavy atom. The Bertz CT molecular complexity index is 631. The maximum Gasteiger partial charge on any atom is 0.129 e. The molecule has 3 N–H and O–H groups in total. The molecule has 3 nitrogen and oxygen atoms in total. The van der Waals surface area contributed by atoms with Crippen LogP contribution < -0.4 is 10.5 Å².